The average molecular weight is 129 g/mol. The molecule has 0 fully saturated rings. The van der Waals surface area contributed by atoms with Crippen LogP contribution in [0.2, 0.25) is 0 Å². The highest BCUT2D eigenvalue weighted by Crippen LogP contribution is 1.85. The second kappa shape index (κ2) is 2.47. The van der Waals surface area contributed by atoms with Crippen LogP contribution in [-0.4, -0.2) is 17.1 Å². The van der Waals surface area contributed by atoms with Gasteiger partial charge in [0.15, 0.2) is 0 Å². The van der Waals surface area contributed by atoms with Crippen molar-refractivity contribution in [3.05, 3.63) is 12.3 Å². The Labute approximate surface area is 51.7 Å². The van der Waals surface area contributed by atoms with Gasteiger partial charge in [0.2, 0.25) is 0 Å². The molecule has 1 atom stereocenters. The molecule has 5 nitrogen and oxygen atoms in total. The van der Waals surface area contributed by atoms with Crippen molar-refractivity contribution in [1.82, 2.24) is 16.4 Å². The molecule has 50 valence electrons. The van der Waals surface area contributed by atoms with Gasteiger partial charge in [0.1, 0.15) is 6.04 Å². The Morgan fingerprint density at radius 3 is 2.78 bits per heavy atom. The second-order valence-electron chi connectivity index (χ2n) is 1.59. The van der Waals surface area contributed by atoms with Crippen LogP contribution in [0, 0.1) is 0 Å². The minimum absolute atomic E-state index is 0.633. The summed E-state index contributed by atoms with van der Waals surface area (Å²) in [5.41, 5.74) is 7.48. The van der Waals surface area contributed by atoms with Crippen molar-refractivity contribution in [2.24, 2.45) is 0 Å². The van der Waals surface area contributed by atoms with Gasteiger partial charge in [-0.3, -0.25) is 4.79 Å². The minimum Gasteiger partial charge on any atom is -0.480 e. The highest BCUT2D eigenvalue weighted by Gasteiger charge is 2.13. The SMILES string of the molecule is O=C(O)C1C=CNNN1. The summed E-state index contributed by atoms with van der Waals surface area (Å²) in [6, 6.07) is -0.633. The largest absolute Gasteiger partial charge is 0.480 e. The quantitative estimate of drug-likeness (QED) is 0.349. The third-order valence-electron chi connectivity index (χ3n) is 0.938. The van der Waals surface area contributed by atoms with Crippen molar-refractivity contribution in [1.29, 1.82) is 0 Å². The number of nitrogens with one attached hydrogen (secondary N) is 3. The topological polar surface area (TPSA) is 73.4 Å². The van der Waals surface area contributed by atoms with E-state index < -0.39 is 12.0 Å². The Balaban J connectivity index is 2.50. The van der Waals surface area contributed by atoms with Gasteiger partial charge in [0.25, 0.3) is 0 Å². The van der Waals surface area contributed by atoms with E-state index in [4.69, 9.17) is 5.11 Å². The zero-order valence-electron chi connectivity index (χ0n) is 4.59. The van der Waals surface area contributed by atoms with Crippen LogP contribution in [0.25, 0.3) is 0 Å². The smallest absolute Gasteiger partial charge is 0.326 e. The molecule has 0 amide bonds. The first kappa shape index (κ1) is 6.06. The fourth-order valence-corrected chi connectivity index (χ4v) is 0.498. The third-order valence-corrected chi connectivity index (χ3v) is 0.938. The van der Waals surface area contributed by atoms with Gasteiger partial charge in [-0.05, 0) is 6.08 Å². The maximum atomic E-state index is 10.2. The maximum Gasteiger partial charge on any atom is 0.326 e. The first-order chi connectivity index (χ1) is 4.30. The molecule has 1 aliphatic heterocycles. The Kier molecular flexibility index (Phi) is 1.66. The summed E-state index contributed by atoms with van der Waals surface area (Å²) in [5.74, 6) is -0.903. The number of carboxylic acid groups (broad SMARTS) is 1. The van der Waals surface area contributed by atoms with Crippen molar-refractivity contribution >= 4 is 5.97 Å². The number of hydrazine groups is 2. The summed E-state index contributed by atoms with van der Waals surface area (Å²) in [4.78, 5) is 10.2. The molecule has 0 radical (unpaired) electrons. The molecule has 1 aliphatic rings. The van der Waals surface area contributed by atoms with Gasteiger partial charge in [-0.15, -0.1) is 0 Å². The summed E-state index contributed by atoms with van der Waals surface area (Å²) >= 11 is 0. The zero-order valence-corrected chi connectivity index (χ0v) is 4.59. The Morgan fingerprint density at radius 2 is 2.44 bits per heavy atom. The van der Waals surface area contributed by atoms with Crippen molar-refractivity contribution < 1.29 is 9.90 Å². The van der Waals surface area contributed by atoms with Crippen LogP contribution >= 0.6 is 0 Å². The number of hydrogen-bond donors (Lipinski definition) is 4. The lowest BCUT2D eigenvalue weighted by Gasteiger charge is -2.15. The molecule has 0 saturated carbocycles. The molecule has 0 aromatic heterocycles. The number of carboxylic acids is 1. The average Bonchev–Trinajstić information content (AvgIpc) is 1.90. The van der Waals surface area contributed by atoms with Gasteiger partial charge in [0.05, 0.1) is 0 Å². The molecular weight excluding hydrogens is 122 g/mol. The fraction of sp³-hybridized carbons (Fsp3) is 0.250. The van der Waals surface area contributed by atoms with Crippen LogP contribution in [0.1, 0.15) is 0 Å². The van der Waals surface area contributed by atoms with Gasteiger partial charge < -0.3 is 10.5 Å². The first-order valence-electron chi connectivity index (χ1n) is 2.46. The lowest BCUT2D eigenvalue weighted by molar-refractivity contribution is -0.138. The molecule has 4 N–H and O–H groups in total. The summed E-state index contributed by atoms with van der Waals surface area (Å²) in [5, 5.41) is 8.36. The fourth-order valence-electron chi connectivity index (χ4n) is 0.498. The van der Waals surface area contributed by atoms with Crippen LogP contribution in [0.5, 0.6) is 0 Å². The van der Waals surface area contributed by atoms with Gasteiger partial charge in [-0.25, -0.2) is 5.43 Å². The highest BCUT2D eigenvalue weighted by molar-refractivity contribution is 5.75. The van der Waals surface area contributed by atoms with Gasteiger partial charge in [-0.1, -0.05) is 0 Å². The van der Waals surface area contributed by atoms with E-state index in [1.54, 1.807) is 0 Å². The Bertz CT molecular complexity index is 145. The summed E-state index contributed by atoms with van der Waals surface area (Å²) in [6.45, 7) is 0. The third kappa shape index (κ3) is 1.41. The van der Waals surface area contributed by atoms with Crippen molar-refractivity contribution in [2.75, 3.05) is 0 Å². The number of carbonyl (C=O) groups is 1. The number of hydrogen-bond acceptors (Lipinski definition) is 4. The van der Waals surface area contributed by atoms with Gasteiger partial charge >= 0.3 is 5.97 Å². The highest BCUT2D eigenvalue weighted by atomic mass is 16.4. The zero-order chi connectivity index (χ0) is 6.69. The molecule has 5 heteroatoms. The molecule has 0 spiro atoms. The molecular formula is C4H7N3O2. The summed E-state index contributed by atoms with van der Waals surface area (Å²) < 4.78 is 0. The van der Waals surface area contributed by atoms with Crippen LogP contribution < -0.4 is 16.4 Å². The van der Waals surface area contributed by atoms with E-state index in [0.717, 1.165) is 0 Å². The van der Waals surface area contributed by atoms with E-state index in [2.05, 4.69) is 16.4 Å². The first-order valence-corrected chi connectivity index (χ1v) is 2.46. The number of aliphatic carboxylic acids is 1. The lowest BCUT2D eigenvalue weighted by atomic mass is 10.3. The maximum absolute atomic E-state index is 10.2. The van der Waals surface area contributed by atoms with Crippen molar-refractivity contribution in [3.63, 3.8) is 0 Å². The molecule has 0 aromatic carbocycles. The molecule has 1 rings (SSSR count). The predicted octanol–water partition coefficient (Wildman–Crippen LogP) is -1.43. The second-order valence-corrected chi connectivity index (χ2v) is 1.59. The molecule has 1 unspecified atom stereocenters. The van der Waals surface area contributed by atoms with E-state index in [1.165, 1.54) is 12.3 Å². The van der Waals surface area contributed by atoms with E-state index in [1.807, 2.05) is 0 Å². The van der Waals surface area contributed by atoms with Crippen LogP contribution in [0.4, 0.5) is 0 Å². The minimum atomic E-state index is -0.903. The standard InChI is InChI=1S/C4H7N3O2/c8-4(9)3-1-2-5-7-6-3/h1-3,5-7H,(H,8,9). The monoisotopic (exact) mass is 129 g/mol. The van der Waals surface area contributed by atoms with Crippen LogP contribution in [0.15, 0.2) is 12.3 Å². The molecule has 0 aromatic rings. The molecule has 0 bridgehead atoms. The summed E-state index contributed by atoms with van der Waals surface area (Å²) in [6.07, 6.45) is 3.02. The Hall–Kier alpha value is -1.07. The number of rotatable bonds is 1. The normalized spacial score (nSPS) is 25.1. The van der Waals surface area contributed by atoms with E-state index in [9.17, 15) is 4.79 Å². The Morgan fingerprint density at radius 1 is 1.67 bits per heavy atom. The van der Waals surface area contributed by atoms with Crippen molar-refractivity contribution in [3.8, 4) is 0 Å². The molecule has 0 aliphatic carbocycles. The summed E-state index contributed by atoms with van der Waals surface area (Å²) in [7, 11) is 0. The molecule has 0 saturated heterocycles. The van der Waals surface area contributed by atoms with E-state index >= 15 is 0 Å². The van der Waals surface area contributed by atoms with Crippen molar-refractivity contribution in [2.45, 2.75) is 6.04 Å². The van der Waals surface area contributed by atoms with Crippen LogP contribution in [-0.2, 0) is 4.79 Å². The van der Waals surface area contributed by atoms with Gasteiger partial charge in [-0.2, -0.15) is 5.53 Å². The molecule has 1 heterocycles. The van der Waals surface area contributed by atoms with E-state index in [0.29, 0.717) is 0 Å². The van der Waals surface area contributed by atoms with Crippen LogP contribution in [0.3, 0.4) is 0 Å². The molecule has 9 heavy (non-hydrogen) atoms. The lowest BCUT2D eigenvalue weighted by Crippen LogP contribution is -2.52. The predicted molar refractivity (Wildman–Crippen MR) is 30.0 cm³/mol. The van der Waals surface area contributed by atoms with Gasteiger partial charge in [0, 0.05) is 6.20 Å². The van der Waals surface area contributed by atoms with E-state index in [-0.39, 0.29) is 0 Å².